The average molecular weight is 358 g/mol. The van der Waals surface area contributed by atoms with Crippen LogP contribution in [0, 0.1) is 0 Å². The monoisotopic (exact) mass is 357 g/mol. The highest BCUT2D eigenvalue weighted by Crippen LogP contribution is 2.11. The van der Waals surface area contributed by atoms with Crippen molar-refractivity contribution in [3.8, 4) is 0 Å². The summed E-state index contributed by atoms with van der Waals surface area (Å²) in [6, 6.07) is 8.09. The largest absolute Gasteiger partial charge is 0.393 e. The number of amides is 1. The van der Waals surface area contributed by atoms with Gasteiger partial charge in [-0.1, -0.05) is 40.3 Å². The van der Waals surface area contributed by atoms with Crippen LogP contribution in [0.1, 0.15) is 12.0 Å². The summed E-state index contributed by atoms with van der Waals surface area (Å²) < 4.78 is 1.05. The van der Waals surface area contributed by atoms with Gasteiger partial charge in [0.05, 0.1) is 11.5 Å². The maximum Gasteiger partial charge on any atom is 0.236 e. The molecule has 0 atom stereocenters. The van der Waals surface area contributed by atoms with Crippen molar-refractivity contribution in [2.45, 2.75) is 13.0 Å². The van der Waals surface area contributed by atoms with Crippen molar-refractivity contribution in [1.82, 2.24) is 9.80 Å². The van der Waals surface area contributed by atoms with Crippen LogP contribution in [0.3, 0.4) is 0 Å². The molecule has 4 nitrogen and oxygen atoms in total. The van der Waals surface area contributed by atoms with E-state index in [4.69, 9.17) is 18.0 Å². The van der Waals surface area contributed by atoms with E-state index < -0.39 is 0 Å². The van der Waals surface area contributed by atoms with Crippen molar-refractivity contribution in [1.29, 1.82) is 0 Å². The third-order valence-corrected chi connectivity index (χ3v) is 3.62. The second-order valence-corrected chi connectivity index (χ2v) is 6.27. The van der Waals surface area contributed by atoms with Crippen LogP contribution in [-0.2, 0) is 11.3 Å². The van der Waals surface area contributed by atoms with Crippen LogP contribution in [0.25, 0.3) is 0 Å². The Bertz CT molecular complexity index is 464. The van der Waals surface area contributed by atoms with Crippen LogP contribution in [0.4, 0.5) is 0 Å². The second kappa shape index (κ2) is 8.34. The Balaban J connectivity index is 2.41. The summed E-state index contributed by atoms with van der Waals surface area (Å²) in [5, 5.41) is 0. The lowest BCUT2D eigenvalue weighted by Crippen LogP contribution is -2.37. The Morgan fingerprint density at radius 3 is 2.45 bits per heavy atom. The minimum Gasteiger partial charge on any atom is -0.393 e. The molecule has 0 aromatic heterocycles. The van der Waals surface area contributed by atoms with E-state index in [2.05, 4.69) is 15.9 Å². The average Bonchev–Trinajstić information content (AvgIpc) is 2.38. The third-order valence-electron chi connectivity index (χ3n) is 2.89. The number of hydrogen-bond donors (Lipinski definition) is 1. The summed E-state index contributed by atoms with van der Waals surface area (Å²) >= 11 is 8.22. The molecule has 0 bridgehead atoms. The van der Waals surface area contributed by atoms with E-state index in [1.165, 1.54) is 5.56 Å². The second-order valence-electron chi connectivity index (χ2n) is 4.83. The molecule has 0 radical (unpaired) electrons. The van der Waals surface area contributed by atoms with E-state index in [0.29, 0.717) is 24.5 Å². The fourth-order valence-electron chi connectivity index (χ4n) is 1.71. The topological polar surface area (TPSA) is 49.6 Å². The summed E-state index contributed by atoms with van der Waals surface area (Å²) in [5.74, 6) is 0.0702. The first-order valence-corrected chi connectivity index (χ1v) is 7.54. The Labute approximate surface area is 134 Å². The van der Waals surface area contributed by atoms with Crippen LogP contribution < -0.4 is 5.73 Å². The van der Waals surface area contributed by atoms with Gasteiger partial charge in [-0.25, -0.2) is 0 Å². The fourth-order valence-corrected chi connectivity index (χ4v) is 2.07. The minimum absolute atomic E-state index is 0.0702. The van der Waals surface area contributed by atoms with Gasteiger partial charge in [0.15, 0.2) is 0 Å². The lowest BCUT2D eigenvalue weighted by Gasteiger charge is -2.21. The zero-order valence-corrected chi connectivity index (χ0v) is 14.2. The van der Waals surface area contributed by atoms with Gasteiger partial charge in [0.25, 0.3) is 0 Å². The molecule has 1 aromatic rings. The molecule has 6 heteroatoms. The zero-order chi connectivity index (χ0) is 15.1. The van der Waals surface area contributed by atoms with Crippen molar-refractivity contribution >= 4 is 39.0 Å². The van der Waals surface area contributed by atoms with Gasteiger partial charge in [0.2, 0.25) is 5.91 Å². The van der Waals surface area contributed by atoms with Crippen LogP contribution in [0.15, 0.2) is 28.7 Å². The Morgan fingerprint density at radius 1 is 1.30 bits per heavy atom. The third kappa shape index (κ3) is 6.45. The molecule has 1 rings (SSSR count). The molecule has 0 aliphatic carbocycles. The zero-order valence-electron chi connectivity index (χ0n) is 11.8. The molecular formula is C14H20BrN3OS. The molecule has 20 heavy (non-hydrogen) atoms. The van der Waals surface area contributed by atoms with E-state index in [1.54, 1.807) is 11.9 Å². The number of nitrogens with two attached hydrogens (primary N) is 1. The fraction of sp³-hybridized carbons (Fsp3) is 0.429. The number of halogens is 1. The number of nitrogens with zero attached hydrogens (tertiary/aromatic N) is 2. The van der Waals surface area contributed by atoms with E-state index >= 15 is 0 Å². The highest BCUT2D eigenvalue weighted by molar-refractivity contribution is 9.10. The van der Waals surface area contributed by atoms with Crippen molar-refractivity contribution < 1.29 is 4.79 Å². The quantitative estimate of drug-likeness (QED) is 0.758. The molecular weight excluding hydrogens is 338 g/mol. The number of carbonyl (C=O) groups is 1. The minimum atomic E-state index is 0.0702. The van der Waals surface area contributed by atoms with E-state index in [-0.39, 0.29) is 5.91 Å². The smallest absolute Gasteiger partial charge is 0.236 e. The van der Waals surface area contributed by atoms with Gasteiger partial charge < -0.3 is 10.6 Å². The van der Waals surface area contributed by atoms with E-state index in [1.807, 2.05) is 36.2 Å². The van der Waals surface area contributed by atoms with Crippen LogP contribution in [0.5, 0.6) is 0 Å². The first-order valence-electron chi connectivity index (χ1n) is 6.33. The molecule has 0 spiro atoms. The van der Waals surface area contributed by atoms with Gasteiger partial charge in [-0.2, -0.15) is 0 Å². The van der Waals surface area contributed by atoms with Crippen LogP contribution in [0.2, 0.25) is 0 Å². The summed E-state index contributed by atoms with van der Waals surface area (Å²) in [4.78, 5) is 16.1. The molecule has 0 aliphatic heterocycles. The Morgan fingerprint density at radius 2 is 1.90 bits per heavy atom. The summed E-state index contributed by atoms with van der Waals surface area (Å²) in [6.07, 6.45) is 0.563. The van der Waals surface area contributed by atoms with Gasteiger partial charge >= 0.3 is 0 Å². The standard InChI is InChI=1S/C14H20BrN3OS/c1-17(9-11-3-5-12(15)6-4-11)10-14(19)18(2)8-7-13(16)20/h3-6H,7-10H2,1-2H3,(H2,16,20). The first-order chi connectivity index (χ1) is 9.38. The maximum atomic E-state index is 12.0. The number of rotatable bonds is 7. The molecule has 1 aromatic carbocycles. The van der Waals surface area contributed by atoms with Gasteiger partial charge in [-0.05, 0) is 24.7 Å². The predicted molar refractivity (Wildman–Crippen MR) is 89.5 cm³/mol. The highest BCUT2D eigenvalue weighted by atomic mass is 79.9. The normalized spacial score (nSPS) is 10.6. The number of carbonyl (C=O) groups excluding carboxylic acids is 1. The number of hydrogen-bond acceptors (Lipinski definition) is 3. The molecule has 0 saturated carbocycles. The SMILES string of the molecule is CN(CC(=O)N(C)CCC(N)=S)Cc1ccc(Br)cc1. The molecule has 0 saturated heterocycles. The molecule has 0 unspecified atom stereocenters. The van der Waals surface area contributed by atoms with E-state index in [0.717, 1.165) is 11.0 Å². The lowest BCUT2D eigenvalue weighted by molar-refractivity contribution is -0.130. The van der Waals surface area contributed by atoms with Crippen molar-refractivity contribution in [2.75, 3.05) is 27.2 Å². The lowest BCUT2D eigenvalue weighted by atomic mass is 10.2. The van der Waals surface area contributed by atoms with Crippen LogP contribution >= 0.6 is 28.1 Å². The highest BCUT2D eigenvalue weighted by Gasteiger charge is 2.12. The van der Waals surface area contributed by atoms with Crippen LogP contribution in [-0.4, -0.2) is 47.9 Å². The Kier molecular flexibility index (Phi) is 7.12. The first kappa shape index (κ1) is 17.1. The van der Waals surface area contributed by atoms with Gasteiger partial charge in [-0.15, -0.1) is 0 Å². The molecule has 0 heterocycles. The van der Waals surface area contributed by atoms with Gasteiger partial charge in [0, 0.05) is 31.0 Å². The predicted octanol–water partition coefficient (Wildman–Crippen LogP) is 2.02. The summed E-state index contributed by atoms with van der Waals surface area (Å²) in [6.45, 7) is 1.69. The van der Waals surface area contributed by atoms with Gasteiger partial charge in [0.1, 0.15) is 0 Å². The Hall–Kier alpha value is -0.980. The molecule has 1 amide bonds. The summed E-state index contributed by atoms with van der Waals surface area (Å²) in [5.41, 5.74) is 6.61. The number of benzene rings is 1. The molecule has 0 aliphatic rings. The van der Waals surface area contributed by atoms with E-state index in [9.17, 15) is 4.79 Å². The number of thiocarbonyl (C=S) groups is 1. The maximum absolute atomic E-state index is 12.0. The number of likely N-dealkylation sites (N-methyl/N-ethyl adjacent to an activating group) is 2. The molecule has 2 N–H and O–H groups in total. The van der Waals surface area contributed by atoms with Gasteiger partial charge in [-0.3, -0.25) is 9.69 Å². The summed E-state index contributed by atoms with van der Waals surface area (Å²) in [7, 11) is 3.70. The van der Waals surface area contributed by atoms with Crippen molar-refractivity contribution in [3.63, 3.8) is 0 Å². The van der Waals surface area contributed by atoms with Crippen molar-refractivity contribution in [3.05, 3.63) is 34.3 Å². The molecule has 110 valence electrons. The van der Waals surface area contributed by atoms with Crippen molar-refractivity contribution in [2.24, 2.45) is 5.73 Å². The molecule has 0 fully saturated rings.